The molecule has 8 aliphatic rings. The molecule has 0 unspecified atom stereocenters. The number of halogens is 2. The van der Waals surface area contributed by atoms with Gasteiger partial charge in [-0.25, -0.2) is 8.78 Å². The number of aliphatic hydroxyl groups is 4. The topological polar surface area (TPSA) is 202 Å². The van der Waals surface area contributed by atoms with E-state index in [2.05, 4.69) is 0 Å². The van der Waals surface area contributed by atoms with Gasteiger partial charge in [0.2, 0.25) is 11.6 Å². The third-order valence-corrected chi connectivity index (χ3v) is 19.0. The fourth-order valence-corrected chi connectivity index (χ4v) is 15.5. The van der Waals surface area contributed by atoms with Gasteiger partial charge in [-0.2, -0.15) is 0 Å². The first kappa shape index (κ1) is 46.8. The van der Waals surface area contributed by atoms with Crippen LogP contribution in [0.4, 0.5) is 8.78 Å². The van der Waals surface area contributed by atoms with Crippen molar-refractivity contribution in [2.45, 2.75) is 153 Å². The highest BCUT2D eigenvalue weighted by Gasteiger charge is 2.77. The molecule has 0 aromatic rings. The Hall–Kier alpha value is -3.72. The third kappa shape index (κ3) is 6.08. The van der Waals surface area contributed by atoms with E-state index in [9.17, 15) is 49.2 Å². The minimum Gasteiger partial charge on any atom is -0.458 e. The second kappa shape index (κ2) is 15.4. The van der Waals surface area contributed by atoms with Crippen molar-refractivity contribution in [3.63, 3.8) is 0 Å². The Morgan fingerprint density at radius 2 is 1.00 bits per heavy atom. The van der Waals surface area contributed by atoms with Gasteiger partial charge in [-0.15, -0.1) is 0 Å². The number of rotatable bonds is 11. The van der Waals surface area contributed by atoms with E-state index in [4.69, 9.17) is 9.47 Å². The molecule has 0 heterocycles. The zero-order chi connectivity index (χ0) is 46.8. The summed E-state index contributed by atoms with van der Waals surface area (Å²) in [7, 11) is 0. The van der Waals surface area contributed by atoms with Crippen molar-refractivity contribution in [1.29, 1.82) is 0 Å². The summed E-state index contributed by atoms with van der Waals surface area (Å²) in [5.74, 6) is -7.02. The van der Waals surface area contributed by atoms with Crippen molar-refractivity contribution in [2.24, 2.45) is 57.2 Å². The van der Waals surface area contributed by atoms with E-state index in [0.717, 1.165) is 0 Å². The number of alkyl halides is 2. The quantitative estimate of drug-likeness (QED) is 0.151. The molecule has 0 aromatic carbocycles. The fraction of sp³-hybridized carbons (Fsp3) is 0.720. The van der Waals surface area contributed by atoms with Gasteiger partial charge in [-0.3, -0.25) is 28.8 Å². The lowest BCUT2D eigenvalue weighted by Crippen LogP contribution is -2.69. The Morgan fingerprint density at radius 1 is 0.641 bits per heavy atom. The number of carbonyl (C=O) groups excluding carboxylic acids is 6. The fourth-order valence-electron chi connectivity index (χ4n) is 15.5. The summed E-state index contributed by atoms with van der Waals surface area (Å²) in [4.78, 5) is 77.6. The zero-order valence-electron chi connectivity index (χ0n) is 37.8. The maximum Gasteiger partial charge on any atom is 0.306 e. The SMILES string of the molecule is C[C@@H]1C[C@H]2[C@@H]3CCC4=CC(=O)C=C[C@]4(C)[C@@]3(F)[C@@H](O)C[C@]2(C)[C@@]1(O)C(=O)COC(=O)CCCCC(=O)OCC(=O)[C@@]1(O)[C@H](C)C[C@H]2[C@@H]3CCC4=CC(=O)C=C[C@]4(C)[C@@]3(F)[C@@H](O)C[C@@]21C. The molecular formula is C50H64F2O12. The minimum atomic E-state index is -2.13. The predicted octanol–water partition coefficient (Wildman–Crippen LogP) is 5.47. The normalized spacial score (nSPS) is 47.5. The van der Waals surface area contributed by atoms with Crippen molar-refractivity contribution in [2.75, 3.05) is 13.2 Å². The Bertz CT molecular complexity index is 2030. The molecule has 6 fully saturated rings. The first-order valence-electron chi connectivity index (χ1n) is 23.3. The average Bonchev–Trinajstić information content (AvgIpc) is 3.57. The number of esters is 2. The molecule has 8 rings (SSSR count). The summed E-state index contributed by atoms with van der Waals surface area (Å²) in [6, 6.07) is 0. The van der Waals surface area contributed by atoms with Crippen molar-refractivity contribution < 1.29 is 67.4 Å². The largest absolute Gasteiger partial charge is 0.458 e. The Labute approximate surface area is 373 Å². The molecule has 0 aromatic heterocycles. The van der Waals surface area contributed by atoms with E-state index in [1.165, 1.54) is 24.3 Å². The Morgan fingerprint density at radius 3 is 1.36 bits per heavy atom. The second-order valence-electron chi connectivity index (χ2n) is 21.7. The third-order valence-electron chi connectivity index (χ3n) is 19.0. The molecular weight excluding hydrogens is 831 g/mol. The molecule has 64 heavy (non-hydrogen) atoms. The van der Waals surface area contributed by atoms with Gasteiger partial charge in [-0.1, -0.05) is 51.0 Å². The van der Waals surface area contributed by atoms with Gasteiger partial charge < -0.3 is 29.9 Å². The van der Waals surface area contributed by atoms with Crippen molar-refractivity contribution >= 4 is 35.1 Å². The first-order valence-corrected chi connectivity index (χ1v) is 23.3. The van der Waals surface area contributed by atoms with Crippen LogP contribution in [0.15, 0.2) is 47.6 Å². The molecule has 350 valence electrons. The van der Waals surface area contributed by atoms with Gasteiger partial charge in [0.05, 0.1) is 12.2 Å². The minimum absolute atomic E-state index is 0.165. The summed E-state index contributed by atoms with van der Waals surface area (Å²) in [6.07, 6.45) is 7.35. The lowest BCUT2D eigenvalue weighted by atomic mass is 9.44. The van der Waals surface area contributed by atoms with Crippen LogP contribution in [0.3, 0.4) is 0 Å². The van der Waals surface area contributed by atoms with Crippen LogP contribution in [-0.2, 0) is 38.2 Å². The van der Waals surface area contributed by atoms with Gasteiger partial charge in [0.1, 0.15) is 11.2 Å². The Balaban J connectivity index is 0.818. The van der Waals surface area contributed by atoms with Crippen LogP contribution in [0.2, 0.25) is 0 Å². The highest BCUT2D eigenvalue weighted by atomic mass is 19.1. The zero-order valence-corrected chi connectivity index (χ0v) is 37.8. The summed E-state index contributed by atoms with van der Waals surface area (Å²) in [5, 5.41) is 47.6. The van der Waals surface area contributed by atoms with Crippen LogP contribution in [0.1, 0.15) is 119 Å². The number of ketones is 4. The molecule has 4 N–H and O–H groups in total. The van der Waals surface area contributed by atoms with Gasteiger partial charge in [0.25, 0.3) is 0 Å². The number of carbonyl (C=O) groups is 6. The van der Waals surface area contributed by atoms with E-state index >= 15 is 8.78 Å². The average molecular weight is 895 g/mol. The number of fused-ring (bicyclic) bond motifs is 10. The van der Waals surface area contributed by atoms with E-state index in [0.29, 0.717) is 49.7 Å². The molecule has 0 aliphatic heterocycles. The van der Waals surface area contributed by atoms with Crippen LogP contribution in [0.5, 0.6) is 0 Å². The highest BCUT2D eigenvalue weighted by molar-refractivity contribution is 6.02. The van der Waals surface area contributed by atoms with E-state index < -0.39 is 129 Å². The molecule has 0 bridgehead atoms. The van der Waals surface area contributed by atoms with Gasteiger partial charge in [0, 0.05) is 46.3 Å². The number of Topliss-reactive ketones (excluding diaryl/α,β-unsaturated/α-hetero) is 2. The number of aliphatic hydroxyl groups excluding tert-OH is 2. The van der Waals surface area contributed by atoms with Gasteiger partial charge in [0.15, 0.2) is 36.1 Å². The van der Waals surface area contributed by atoms with Crippen LogP contribution in [0, 0.1) is 57.2 Å². The molecule has 6 saturated carbocycles. The maximum absolute atomic E-state index is 17.5. The first-order chi connectivity index (χ1) is 29.8. The smallest absolute Gasteiger partial charge is 0.306 e. The van der Waals surface area contributed by atoms with Crippen molar-refractivity contribution in [3.8, 4) is 0 Å². The maximum atomic E-state index is 17.5. The van der Waals surface area contributed by atoms with Crippen molar-refractivity contribution in [1.82, 2.24) is 0 Å². The number of hydrogen-bond acceptors (Lipinski definition) is 12. The van der Waals surface area contributed by atoms with Crippen LogP contribution < -0.4 is 0 Å². The van der Waals surface area contributed by atoms with E-state index in [1.807, 2.05) is 0 Å². The molecule has 16 atom stereocenters. The van der Waals surface area contributed by atoms with Crippen LogP contribution >= 0.6 is 0 Å². The molecule has 0 spiro atoms. The van der Waals surface area contributed by atoms with Crippen molar-refractivity contribution in [3.05, 3.63) is 47.6 Å². The van der Waals surface area contributed by atoms with Gasteiger partial charge in [-0.05, 0) is 126 Å². The molecule has 0 radical (unpaired) electrons. The van der Waals surface area contributed by atoms with E-state index in [-0.39, 0.29) is 50.1 Å². The molecule has 0 amide bonds. The number of unbranched alkanes of at least 4 members (excludes halogenated alkanes) is 1. The molecule has 8 aliphatic carbocycles. The van der Waals surface area contributed by atoms with E-state index in [1.54, 1.807) is 53.7 Å². The lowest BCUT2D eigenvalue weighted by Gasteiger charge is -2.62. The number of ether oxygens (including phenoxy) is 2. The number of allylic oxidation sites excluding steroid dienone is 8. The highest BCUT2D eigenvalue weighted by Crippen LogP contribution is 2.72. The number of hydrogen-bond donors (Lipinski definition) is 4. The summed E-state index contributed by atoms with van der Waals surface area (Å²) in [6.45, 7) is 8.76. The lowest BCUT2D eigenvalue weighted by molar-refractivity contribution is -0.220. The molecule has 14 heteroatoms. The standard InChI is InChI=1S/C50H64F2O12/c1-27-19-35-33-13-11-29-21-31(53)15-17-43(29,3)47(33,51)37(55)23-45(35,5)49(27,61)39(57)25-63-41(59)9-7-8-10-42(60)64-26-40(58)50(62)28(2)20-36-34-14-12-30-22-32(54)16-18-44(30,4)48(34,52)38(56)24-46(36,50)6/h15-18,21-22,27-28,33-38,55-56,61-62H,7-14,19-20,23-26H2,1-6H3/t27-,28-,33+,34+,35+,36+,37+,38+,43+,44+,45+,46+,47+,48+,49+,50+/m1/s1. The molecule has 12 nitrogen and oxygen atoms in total. The summed E-state index contributed by atoms with van der Waals surface area (Å²) >= 11 is 0. The van der Waals surface area contributed by atoms with Crippen LogP contribution in [-0.4, -0.2) is 103 Å². The predicted molar refractivity (Wildman–Crippen MR) is 226 cm³/mol. The van der Waals surface area contributed by atoms with Crippen LogP contribution in [0.25, 0.3) is 0 Å². The Kier molecular flexibility index (Phi) is 11.3. The van der Waals surface area contributed by atoms with Gasteiger partial charge >= 0.3 is 11.9 Å². The second-order valence-corrected chi connectivity index (χ2v) is 21.7. The summed E-state index contributed by atoms with van der Waals surface area (Å²) in [5.41, 5.74) is -11.9. The monoisotopic (exact) mass is 894 g/mol. The molecule has 0 saturated heterocycles. The summed E-state index contributed by atoms with van der Waals surface area (Å²) < 4.78 is 45.6.